The zero-order valence-corrected chi connectivity index (χ0v) is 17.7. The average molecular weight is 389 g/mol. The third-order valence-corrected chi connectivity index (χ3v) is 8.21. The van der Waals surface area contributed by atoms with Crippen molar-refractivity contribution in [1.29, 1.82) is 0 Å². The number of hydrogen-bond acceptors (Lipinski definition) is 5. The minimum Gasteiger partial charge on any atom is -0.458 e. The standard InChI is InChI=1S/C23H32O5/c1-14-7-9-21(5)15(2)19(27-16(3)25)8-10-23(21)11-18(13-24)20(28-17(4)26)12-22(14,23)6/h11,13-14,19-20H,2,7-10,12H2,1,3-6H3/t14-,19+,20+,21+,22+,23-/m1/s1. The molecule has 154 valence electrons. The van der Waals surface area contributed by atoms with Crippen molar-refractivity contribution in [2.75, 3.05) is 0 Å². The monoisotopic (exact) mass is 388 g/mol. The van der Waals surface area contributed by atoms with E-state index in [2.05, 4.69) is 33.4 Å². The van der Waals surface area contributed by atoms with Gasteiger partial charge in [-0.3, -0.25) is 14.4 Å². The molecule has 0 aromatic heterocycles. The van der Waals surface area contributed by atoms with E-state index in [1.54, 1.807) is 0 Å². The molecule has 2 saturated carbocycles. The molecule has 2 fully saturated rings. The Labute approximate surface area is 167 Å². The third kappa shape index (κ3) is 2.77. The summed E-state index contributed by atoms with van der Waals surface area (Å²) < 4.78 is 11.1. The summed E-state index contributed by atoms with van der Waals surface area (Å²) in [6.45, 7) is 13.9. The lowest BCUT2D eigenvalue weighted by Gasteiger charge is -2.68. The maximum atomic E-state index is 11.9. The quantitative estimate of drug-likeness (QED) is 0.412. The van der Waals surface area contributed by atoms with E-state index in [0.29, 0.717) is 24.3 Å². The maximum Gasteiger partial charge on any atom is 0.303 e. The van der Waals surface area contributed by atoms with E-state index in [4.69, 9.17) is 9.47 Å². The zero-order valence-electron chi connectivity index (χ0n) is 17.7. The Hall–Kier alpha value is -1.91. The molecule has 5 heteroatoms. The topological polar surface area (TPSA) is 69.7 Å². The molecule has 0 N–H and O–H groups in total. The molecule has 1 spiro atoms. The summed E-state index contributed by atoms with van der Waals surface area (Å²) in [4.78, 5) is 35.2. The summed E-state index contributed by atoms with van der Waals surface area (Å²) in [5, 5.41) is 0. The summed E-state index contributed by atoms with van der Waals surface area (Å²) in [7, 11) is 0. The van der Waals surface area contributed by atoms with Crippen molar-refractivity contribution in [2.24, 2.45) is 22.2 Å². The molecule has 3 rings (SSSR count). The molecule has 0 bridgehead atoms. The molecule has 0 saturated heterocycles. The van der Waals surface area contributed by atoms with Crippen LogP contribution in [0.1, 0.15) is 66.7 Å². The summed E-state index contributed by atoms with van der Waals surface area (Å²) in [5.74, 6) is -0.256. The lowest BCUT2D eigenvalue weighted by molar-refractivity contribution is -0.171. The van der Waals surface area contributed by atoms with Crippen molar-refractivity contribution in [3.63, 3.8) is 0 Å². The number of rotatable bonds is 3. The molecule has 3 aliphatic carbocycles. The lowest BCUT2D eigenvalue weighted by atomic mass is 9.36. The first-order valence-electron chi connectivity index (χ1n) is 10.2. The van der Waals surface area contributed by atoms with E-state index in [0.717, 1.165) is 31.1 Å². The first-order chi connectivity index (χ1) is 13.0. The molecule has 0 unspecified atom stereocenters. The van der Waals surface area contributed by atoms with E-state index in [1.807, 2.05) is 0 Å². The molecular formula is C23H32O5. The molecule has 0 amide bonds. The van der Waals surface area contributed by atoms with Gasteiger partial charge < -0.3 is 9.47 Å². The largest absolute Gasteiger partial charge is 0.458 e. The van der Waals surface area contributed by atoms with Crippen LogP contribution in [0.2, 0.25) is 0 Å². The Morgan fingerprint density at radius 3 is 2.29 bits per heavy atom. The molecule has 0 aromatic rings. The first kappa shape index (κ1) is 20.8. The molecule has 0 aromatic carbocycles. The van der Waals surface area contributed by atoms with Crippen molar-refractivity contribution in [3.05, 3.63) is 23.8 Å². The van der Waals surface area contributed by atoms with Crippen LogP contribution >= 0.6 is 0 Å². The van der Waals surface area contributed by atoms with Crippen LogP contribution in [0.25, 0.3) is 0 Å². The van der Waals surface area contributed by atoms with Gasteiger partial charge in [-0.2, -0.15) is 0 Å². The maximum absolute atomic E-state index is 11.9. The second-order valence-electron chi connectivity index (χ2n) is 9.39. The number of hydrogen-bond donors (Lipinski definition) is 0. The second-order valence-corrected chi connectivity index (χ2v) is 9.39. The van der Waals surface area contributed by atoms with Crippen molar-refractivity contribution in [3.8, 4) is 0 Å². The van der Waals surface area contributed by atoms with E-state index in [-0.39, 0.29) is 34.3 Å². The van der Waals surface area contributed by atoms with Crippen molar-refractivity contribution in [2.45, 2.75) is 78.9 Å². The van der Waals surface area contributed by atoms with Gasteiger partial charge in [-0.05, 0) is 49.0 Å². The molecular weight excluding hydrogens is 356 g/mol. The van der Waals surface area contributed by atoms with Crippen molar-refractivity contribution >= 4 is 18.2 Å². The number of carbonyl (C=O) groups is 3. The molecule has 5 nitrogen and oxygen atoms in total. The third-order valence-electron chi connectivity index (χ3n) is 8.21. The van der Waals surface area contributed by atoms with Crippen LogP contribution < -0.4 is 0 Å². The number of allylic oxidation sites excluding steroid dienone is 1. The fraction of sp³-hybridized carbons (Fsp3) is 0.696. The van der Waals surface area contributed by atoms with E-state index in [9.17, 15) is 14.4 Å². The molecule has 0 radical (unpaired) electrons. The van der Waals surface area contributed by atoms with Crippen LogP contribution in [0.15, 0.2) is 23.8 Å². The number of esters is 2. The van der Waals surface area contributed by atoms with Gasteiger partial charge in [0.25, 0.3) is 0 Å². The van der Waals surface area contributed by atoms with Gasteiger partial charge in [0.05, 0.1) is 0 Å². The molecule has 6 atom stereocenters. The Balaban J connectivity index is 2.14. The van der Waals surface area contributed by atoms with Crippen LogP contribution in [0.3, 0.4) is 0 Å². The minimum atomic E-state index is -0.505. The van der Waals surface area contributed by atoms with E-state index in [1.165, 1.54) is 13.8 Å². The van der Waals surface area contributed by atoms with Crippen LogP contribution in [0.4, 0.5) is 0 Å². The number of aldehydes is 1. The highest BCUT2D eigenvalue weighted by molar-refractivity contribution is 5.77. The van der Waals surface area contributed by atoms with E-state index < -0.39 is 6.10 Å². The fourth-order valence-electron chi connectivity index (χ4n) is 6.42. The molecule has 0 aliphatic heterocycles. The molecule has 0 heterocycles. The van der Waals surface area contributed by atoms with Crippen molar-refractivity contribution < 1.29 is 23.9 Å². The molecule has 28 heavy (non-hydrogen) atoms. The summed E-state index contributed by atoms with van der Waals surface area (Å²) >= 11 is 0. The van der Waals surface area contributed by atoms with Crippen LogP contribution in [-0.2, 0) is 23.9 Å². The van der Waals surface area contributed by atoms with Crippen LogP contribution in [-0.4, -0.2) is 30.4 Å². The van der Waals surface area contributed by atoms with Gasteiger partial charge >= 0.3 is 11.9 Å². The van der Waals surface area contributed by atoms with Gasteiger partial charge in [0.1, 0.15) is 18.5 Å². The average Bonchev–Trinajstić information content (AvgIpc) is 2.60. The van der Waals surface area contributed by atoms with Gasteiger partial charge in [0, 0.05) is 30.3 Å². The molecule has 3 aliphatic rings. The van der Waals surface area contributed by atoms with Gasteiger partial charge in [0.15, 0.2) is 0 Å². The van der Waals surface area contributed by atoms with Crippen LogP contribution in [0, 0.1) is 22.2 Å². The van der Waals surface area contributed by atoms with E-state index >= 15 is 0 Å². The summed E-state index contributed by atoms with van der Waals surface area (Å²) in [6.07, 6.45) is 6.20. The minimum absolute atomic E-state index is 0.156. The first-order valence-corrected chi connectivity index (χ1v) is 10.2. The predicted molar refractivity (Wildman–Crippen MR) is 105 cm³/mol. The van der Waals surface area contributed by atoms with Gasteiger partial charge in [-0.1, -0.05) is 33.4 Å². The van der Waals surface area contributed by atoms with Crippen molar-refractivity contribution in [1.82, 2.24) is 0 Å². The van der Waals surface area contributed by atoms with Gasteiger partial charge in [-0.25, -0.2) is 0 Å². The smallest absolute Gasteiger partial charge is 0.303 e. The Bertz CT molecular complexity index is 752. The number of ether oxygens (including phenoxy) is 2. The SMILES string of the molecule is C=C1[C@@H](OC(C)=O)CC[C@]23C=C(C=O)[C@@H](OC(C)=O)C[C@@]2(C)[C@H](C)CC[C@@]13C. The second kappa shape index (κ2) is 6.85. The summed E-state index contributed by atoms with van der Waals surface area (Å²) in [6, 6.07) is 0. The predicted octanol–water partition coefficient (Wildman–Crippen LogP) is 4.16. The van der Waals surface area contributed by atoms with Gasteiger partial charge in [0.2, 0.25) is 0 Å². The van der Waals surface area contributed by atoms with Gasteiger partial charge in [-0.15, -0.1) is 0 Å². The Kier molecular flexibility index (Phi) is 5.10. The summed E-state index contributed by atoms with van der Waals surface area (Å²) in [5.41, 5.74) is 0.767. The number of carbonyl (C=O) groups excluding carboxylic acids is 3. The highest BCUT2D eigenvalue weighted by Gasteiger charge is 2.67. The normalized spacial score (nSPS) is 42.5. The fourth-order valence-corrected chi connectivity index (χ4v) is 6.42. The lowest BCUT2D eigenvalue weighted by Crippen LogP contribution is -2.63. The zero-order chi connectivity index (χ0) is 20.9. The highest BCUT2D eigenvalue weighted by atomic mass is 16.5. The Morgan fingerprint density at radius 1 is 1.11 bits per heavy atom. The highest BCUT2D eigenvalue weighted by Crippen LogP contribution is 2.72. The van der Waals surface area contributed by atoms with Crippen LogP contribution in [0.5, 0.6) is 0 Å². The Morgan fingerprint density at radius 2 is 1.71 bits per heavy atom.